The molecular weight excluding hydrogens is 368 g/mol. The van der Waals surface area contributed by atoms with Crippen molar-refractivity contribution < 1.29 is 9.21 Å². The Morgan fingerprint density at radius 1 is 1.28 bits per heavy atom. The van der Waals surface area contributed by atoms with Crippen molar-refractivity contribution in [1.82, 2.24) is 20.8 Å². The number of carbonyl (C=O) groups is 1. The largest absolute Gasteiger partial charge is 0.427 e. The van der Waals surface area contributed by atoms with Crippen LogP contribution in [0, 0.1) is 6.92 Å². The zero-order valence-corrected chi connectivity index (χ0v) is 16.3. The summed E-state index contributed by atoms with van der Waals surface area (Å²) in [7, 11) is 0. The molecule has 1 unspecified atom stereocenters. The van der Waals surface area contributed by atoms with Crippen molar-refractivity contribution in [3.8, 4) is 11.3 Å². The number of carbonyl (C=O) groups excluding carboxylic acids is 1. The molecule has 0 radical (unpaired) electrons. The van der Waals surface area contributed by atoms with E-state index in [9.17, 15) is 9.59 Å². The number of piperidine rings is 1. The molecule has 1 saturated heterocycles. The van der Waals surface area contributed by atoms with Gasteiger partial charge in [0.1, 0.15) is 11.3 Å². The highest BCUT2D eigenvalue weighted by atomic mass is 16.4. The van der Waals surface area contributed by atoms with Crippen molar-refractivity contribution in [3.63, 3.8) is 0 Å². The van der Waals surface area contributed by atoms with Crippen LogP contribution in [0.5, 0.6) is 0 Å². The molecule has 0 spiro atoms. The number of rotatable bonds is 5. The molecule has 1 fully saturated rings. The first-order valence-corrected chi connectivity index (χ1v) is 9.85. The molecule has 3 aromatic rings. The quantitative estimate of drug-likeness (QED) is 0.620. The Morgan fingerprint density at radius 3 is 2.83 bits per heavy atom. The molecule has 150 valence electrons. The van der Waals surface area contributed by atoms with Gasteiger partial charge in [0.15, 0.2) is 0 Å². The standard InChI is InChI=1S/C22H24N4O3/c1-14-10-19(16-8-5-9-23-12-16)29-22(28)20(14)21(27)24-13-17-11-18(26-25-17)15-6-3-2-4-7-15/h2-4,6-7,10-11,16,23H,5,8-9,12-13H2,1H3,(H,24,27)(H,25,26). The summed E-state index contributed by atoms with van der Waals surface area (Å²) >= 11 is 0. The molecule has 1 atom stereocenters. The third kappa shape index (κ3) is 4.30. The summed E-state index contributed by atoms with van der Waals surface area (Å²) in [6, 6.07) is 13.5. The van der Waals surface area contributed by atoms with Gasteiger partial charge in [-0.3, -0.25) is 9.89 Å². The second-order valence-electron chi connectivity index (χ2n) is 7.36. The van der Waals surface area contributed by atoms with E-state index >= 15 is 0 Å². The molecule has 7 nitrogen and oxygen atoms in total. The SMILES string of the molecule is Cc1cc(C2CCCNC2)oc(=O)c1C(=O)NCc1cc(-c2ccccc2)n[nH]1. The molecule has 29 heavy (non-hydrogen) atoms. The lowest BCUT2D eigenvalue weighted by atomic mass is 9.95. The Kier molecular flexibility index (Phi) is 5.57. The van der Waals surface area contributed by atoms with E-state index in [1.807, 2.05) is 42.5 Å². The number of aromatic nitrogens is 2. The number of nitrogens with one attached hydrogen (secondary N) is 3. The maximum absolute atomic E-state index is 12.6. The molecule has 2 aromatic heterocycles. The van der Waals surface area contributed by atoms with Crippen LogP contribution in [0.2, 0.25) is 0 Å². The lowest BCUT2D eigenvalue weighted by Crippen LogP contribution is -2.31. The summed E-state index contributed by atoms with van der Waals surface area (Å²) < 4.78 is 5.49. The second kappa shape index (κ2) is 8.45. The third-order valence-corrected chi connectivity index (χ3v) is 5.23. The van der Waals surface area contributed by atoms with Gasteiger partial charge in [-0.2, -0.15) is 5.10 Å². The van der Waals surface area contributed by atoms with Crippen molar-refractivity contribution in [2.24, 2.45) is 0 Å². The van der Waals surface area contributed by atoms with Gasteiger partial charge < -0.3 is 15.1 Å². The minimum absolute atomic E-state index is 0.0558. The zero-order valence-electron chi connectivity index (χ0n) is 16.3. The van der Waals surface area contributed by atoms with Crippen LogP contribution < -0.4 is 16.3 Å². The smallest absolute Gasteiger partial charge is 0.349 e. The number of aryl methyl sites for hydroxylation is 1. The van der Waals surface area contributed by atoms with Gasteiger partial charge in [0.05, 0.1) is 17.9 Å². The molecule has 1 aliphatic heterocycles. The summed E-state index contributed by atoms with van der Waals surface area (Å²) in [5.74, 6) is 0.381. The fourth-order valence-corrected chi connectivity index (χ4v) is 3.67. The van der Waals surface area contributed by atoms with Gasteiger partial charge in [-0.1, -0.05) is 30.3 Å². The van der Waals surface area contributed by atoms with Gasteiger partial charge in [0, 0.05) is 18.0 Å². The number of hydrogen-bond acceptors (Lipinski definition) is 5. The van der Waals surface area contributed by atoms with Gasteiger partial charge in [0.2, 0.25) is 0 Å². The Hall–Kier alpha value is -3.19. The highest BCUT2D eigenvalue weighted by molar-refractivity contribution is 5.95. The highest BCUT2D eigenvalue weighted by Crippen LogP contribution is 2.23. The predicted molar refractivity (Wildman–Crippen MR) is 110 cm³/mol. The molecule has 1 aromatic carbocycles. The Bertz CT molecular complexity index is 1050. The predicted octanol–water partition coefficient (Wildman–Crippen LogP) is 2.74. The normalized spacial score (nSPS) is 16.5. The van der Waals surface area contributed by atoms with Crippen LogP contribution in [0.25, 0.3) is 11.3 Å². The monoisotopic (exact) mass is 392 g/mol. The van der Waals surface area contributed by atoms with Crippen molar-refractivity contribution in [2.75, 3.05) is 13.1 Å². The third-order valence-electron chi connectivity index (χ3n) is 5.23. The van der Waals surface area contributed by atoms with E-state index in [1.54, 1.807) is 6.92 Å². The lowest BCUT2D eigenvalue weighted by molar-refractivity contribution is 0.0945. The van der Waals surface area contributed by atoms with E-state index in [0.717, 1.165) is 42.9 Å². The number of nitrogens with zero attached hydrogens (tertiary/aromatic N) is 1. The molecule has 4 rings (SSSR count). The molecule has 3 heterocycles. The van der Waals surface area contributed by atoms with Crippen LogP contribution in [0.3, 0.4) is 0 Å². The average Bonchev–Trinajstić information content (AvgIpc) is 3.22. The van der Waals surface area contributed by atoms with Crippen molar-refractivity contribution in [2.45, 2.75) is 32.2 Å². The van der Waals surface area contributed by atoms with E-state index in [-0.39, 0.29) is 18.0 Å². The number of amides is 1. The lowest BCUT2D eigenvalue weighted by Gasteiger charge is -2.22. The number of aromatic amines is 1. The maximum atomic E-state index is 12.6. The number of benzene rings is 1. The molecule has 7 heteroatoms. The van der Waals surface area contributed by atoms with Crippen LogP contribution in [0.4, 0.5) is 0 Å². The van der Waals surface area contributed by atoms with Crippen molar-refractivity contribution in [1.29, 1.82) is 0 Å². The van der Waals surface area contributed by atoms with Crippen LogP contribution in [-0.4, -0.2) is 29.2 Å². The Morgan fingerprint density at radius 2 is 2.10 bits per heavy atom. The summed E-state index contributed by atoms with van der Waals surface area (Å²) in [6.45, 7) is 3.79. The van der Waals surface area contributed by atoms with Crippen molar-refractivity contribution >= 4 is 5.91 Å². The minimum atomic E-state index is -0.586. The fraction of sp³-hybridized carbons (Fsp3) is 0.318. The molecule has 1 aliphatic rings. The van der Waals surface area contributed by atoms with Crippen LogP contribution in [0.1, 0.15) is 46.1 Å². The maximum Gasteiger partial charge on any atom is 0.349 e. The summed E-state index contributed by atoms with van der Waals surface area (Å²) in [5, 5.41) is 13.3. The van der Waals surface area contributed by atoms with Crippen LogP contribution in [-0.2, 0) is 6.54 Å². The van der Waals surface area contributed by atoms with Gasteiger partial charge in [-0.05, 0) is 44.0 Å². The molecular formula is C22H24N4O3. The number of H-pyrrole nitrogens is 1. The van der Waals surface area contributed by atoms with E-state index < -0.39 is 11.5 Å². The molecule has 0 bridgehead atoms. The average molecular weight is 392 g/mol. The Balaban J connectivity index is 1.45. The summed E-state index contributed by atoms with van der Waals surface area (Å²) in [5.41, 5.74) is 2.65. The Labute approximate surface area is 168 Å². The van der Waals surface area contributed by atoms with Crippen LogP contribution in [0.15, 0.2) is 51.7 Å². The molecule has 3 N–H and O–H groups in total. The van der Waals surface area contributed by atoms with Gasteiger partial charge >= 0.3 is 5.63 Å². The topological polar surface area (TPSA) is 100 Å². The van der Waals surface area contributed by atoms with E-state index in [4.69, 9.17) is 4.42 Å². The fourth-order valence-electron chi connectivity index (χ4n) is 3.67. The first kappa shape index (κ1) is 19.1. The van der Waals surface area contributed by atoms with Gasteiger partial charge in [-0.15, -0.1) is 0 Å². The minimum Gasteiger partial charge on any atom is -0.427 e. The summed E-state index contributed by atoms with van der Waals surface area (Å²) in [4.78, 5) is 25.1. The molecule has 0 saturated carbocycles. The molecule has 1 amide bonds. The van der Waals surface area contributed by atoms with Crippen LogP contribution >= 0.6 is 0 Å². The van der Waals surface area contributed by atoms with E-state index in [2.05, 4.69) is 20.8 Å². The molecule has 0 aliphatic carbocycles. The van der Waals surface area contributed by atoms with Crippen molar-refractivity contribution in [3.05, 3.63) is 75.5 Å². The first-order valence-electron chi connectivity index (χ1n) is 9.85. The van der Waals surface area contributed by atoms with Gasteiger partial charge in [-0.25, -0.2) is 4.79 Å². The van der Waals surface area contributed by atoms with E-state index in [1.165, 1.54) is 0 Å². The first-order chi connectivity index (χ1) is 14.1. The second-order valence-corrected chi connectivity index (χ2v) is 7.36. The van der Waals surface area contributed by atoms with E-state index in [0.29, 0.717) is 11.3 Å². The van der Waals surface area contributed by atoms with Gasteiger partial charge in [0.25, 0.3) is 5.91 Å². The zero-order chi connectivity index (χ0) is 20.2. The number of hydrogen-bond donors (Lipinski definition) is 3. The highest BCUT2D eigenvalue weighted by Gasteiger charge is 2.22. The summed E-state index contributed by atoms with van der Waals surface area (Å²) in [6.07, 6.45) is 2.02.